The fourth-order valence-corrected chi connectivity index (χ4v) is 4.77. The van der Waals surface area contributed by atoms with Crippen LogP contribution in [-0.2, 0) is 11.8 Å². The highest BCUT2D eigenvalue weighted by Crippen LogP contribution is 2.28. The fourth-order valence-electron chi connectivity index (χ4n) is 3.19. The third-order valence-corrected chi connectivity index (χ3v) is 6.61. The molecule has 0 radical (unpaired) electrons. The van der Waals surface area contributed by atoms with E-state index in [9.17, 15) is 0 Å². The molecule has 0 aliphatic carbocycles. The third-order valence-electron chi connectivity index (χ3n) is 4.54. The molecule has 2 rings (SSSR count). The van der Waals surface area contributed by atoms with Gasteiger partial charge in [0.2, 0.25) is 0 Å². The average Bonchev–Trinajstić information content (AvgIpc) is 2.43. The van der Waals surface area contributed by atoms with Crippen molar-refractivity contribution in [2.45, 2.75) is 73.0 Å². The molecule has 0 N–H and O–H groups in total. The minimum absolute atomic E-state index is 0.155. The summed E-state index contributed by atoms with van der Waals surface area (Å²) in [6.07, 6.45) is 3.26. The van der Waals surface area contributed by atoms with Gasteiger partial charge in [-0.3, -0.25) is 4.98 Å². The van der Waals surface area contributed by atoms with Crippen LogP contribution in [0.25, 0.3) is 11.3 Å². The molecule has 0 saturated heterocycles. The Bertz CT molecular complexity index is 740. The zero-order valence-electron chi connectivity index (χ0n) is 17.6. The van der Waals surface area contributed by atoms with Crippen LogP contribution >= 0.6 is 0 Å². The molecule has 2 aromatic rings. The first-order chi connectivity index (χ1) is 11.3. The van der Waals surface area contributed by atoms with Gasteiger partial charge < -0.3 is 0 Å². The molecule has 0 aliphatic heterocycles. The molecule has 1 heterocycles. The summed E-state index contributed by atoms with van der Waals surface area (Å²) in [5.41, 5.74) is 5.61. The van der Waals surface area contributed by atoms with Gasteiger partial charge in [0, 0.05) is 11.8 Å². The molecule has 0 amide bonds. The van der Waals surface area contributed by atoms with Crippen LogP contribution in [0.15, 0.2) is 36.5 Å². The van der Waals surface area contributed by atoms with Crippen molar-refractivity contribution in [3.8, 4) is 11.3 Å². The van der Waals surface area contributed by atoms with Gasteiger partial charge in [-0.05, 0) is 45.7 Å². The molecular weight excluding hydrogens is 318 g/mol. The molecule has 0 bridgehead atoms. The van der Waals surface area contributed by atoms with Crippen molar-refractivity contribution in [3.05, 3.63) is 47.7 Å². The maximum atomic E-state index is 4.86. The molecule has 0 fully saturated rings. The predicted molar refractivity (Wildman–Crippen MR) is 115 cm³/mol. The van der Waals surface area contributed by atoms with Gasteiger partial charge in [-0.2, -0.15) is 0 Å². The summed E-state index contributed by atoms with van der Waals surface area (Å²) >= 11 is 0. The van der Waals surface area contributed by atoms with E-state index in [4.69, 9.17) is 4.98 Å². The summed E-state index contributed by atoms with van der Waals surface area (Å²) in [6.45, 7) is 21.0. The van der Waals surface area contributed by atoms with Gasteiger partial charge >= 0.3 is 0 Å². The van der Waals surface area contributed by atoms with Crippen LogP contribution in [0.3, 0.4) is 0 Å². The van der Waals surface area contributed by atoms with Crippen LogP contribution in [0.4, 0.5) is 0 Å². The monoisotopic (exact) mass is 353 g/mol. The second-order valence-corrected chi connectivity index (χ2v) is 15.6. The minimum atomic E-state index is -1.40. The Morgan fingerprint density at radius 2 is 1.56 bits per heavy atom. The van der Waals surface area contributed by atoms with Crippen molar-refractivity contribution in [1.82, 2.24) is 4.98 Å². The number of nitrogens with zero attached hydrogens (tertiary/aromatic N) is 1. The quantitative estimate of drug-likeness (QED) is 0.600. The lowest BCUT2D eigenvalue weighted by atomic mass is 9.85. The lowest BCUT2D eigenvalue weighted by molar-refractivity contribution is 0.412. The SMILES string of the molecule is CC(C)(C)Cc1cc(-c2cccc(C(C)(C)C)c2)ncc1[Si](C)(C)C. The Morgan fingerprint density at radius 3 is 2.08 bits per heavy atom. The standard InChI is InChI=1S/C23H35NSi/c1-22(2,3)15-18-14-20(24-16-21(18)25(7,8)9)17-11-10-12-19(13-17)23(4,5)6/h10-14,16H,15H2,1-9H3. The molecule has 1 aromatic carbocycles. The highest BCUT2D eigenvalue weighted by Gasteiger charge is 2.24. The zero-order chi connectivity index (χ0) is 19.0. The molecule has 1 aromatic heterocycles. The summed E-state index contributed by atoms with van der Waals surface area (Å²) in [7, 11) is -1.40. The van der Waals surface area contributed by atoms with Crippen LogP contribution in [-0.4, -0.2) is 13.1 Å². The van der Waals surface area contributed by atoms with Crippen molar-refractivity contribution >= 4 is 13.3 Å². The van der Waals surface area contributed by atoms with Gasteiger partial charge in [0.25, 0.3) is 0 Å². The smallest absolute Gasteiger partial charge is 0.0799 e. The Morgan fingerprint density at radius 1 is 0.920 bits per heavy atom. The Kier molecular flexibility index (Phi) is 5.35. The second kappa shape index (κ2) is 6.72. The largest absolute Gasteiger partial charge is 0.256 e. The van der Waals surface area contributed by atoms with E-state index in [2.05, 4.69) is 97.7 Å². The van der Waals surface area contributed by atoms with Crippen molar-refractivity contribution in [2.75, 3.05) is 0 Å². The van der Waals surface area contributed by atoms with E-state index < -0.39 is 8.07 Å². The highest BCUT2D eigenvalue weighted by atomic mass is 28.3. The predicted octanol–water partition coefficient (Wildman–Crippen LogP) is 6.18. The minimum Gasteiger partial charge on any atom is -0.256 e. The van der Waals surface area contributed by atoms with E-state index in [0.29, 0.717) is 0 Å². The Hall–Kier alpha value is -1.41. The first-order valence-corrected chi connectivity index (χ1v) is 12.9. The van der Waals surface area contributed by atoms with Gasteiger partial charge in [0.1, 0.15) is 0 Å². The topological polar surface area (TPSA) is 12.9 Å². The van der Waals surface area contributed by atoms with Gasteiger partial charge in [0.05, 0.1) is 13.8 Å². The molecule has 1 nitrogen and oxygen atoms in total. The molecule has 0 aliphatic rings. The molecule has 0 atom stereocenters. The summed E-state index contributed by atoms with van der Waals surface area (Å²) < 4.78 is 0. The summed E-state index contributed by atoms with van der Waals surface area (Å²) in [5, 5.41) is 1.50. The number of hydrogen-bond donors (Lipinski definition) is 0. The summed E-state index contributed by atoms with van der Waals surface area (Å²) in [6, 6.07) is 11.2. The van der Waals surface area contributed by atoms with Gasteiger partial charge in [0.15, 0.2) is 0 Å². The molecule has 25 heavy (non-hydrogen) atoms. The maximum Gasteiger partial charge on any atom is 0.0799 e. The number of rotatable bonds is 3. The maximum absolute atomic E-state index is 4.86. The van der Waals surface area contributed by atoms with E-state index in [1.165, 1.54) is 21.9 Å². The van der Waals surface area contributed by atoms with E-state index in [1.807, 2.05) is 0 Å². The normalized spacial score (nSPS) is 13.2. The van der Waals surface area contributed by atoms with Crippen LogP contribution in [0, 0.1) is 5.41 Å². The summed E-state index contributed by atoms with van der Waals surface area (Å²) in [5.74, 6) is 0. The number of hydrogen-bond acceptors (Lipinski definition) is 1. The highest BCUT2D eigenvalue weighted by molar-refractivity contribution is 6.89. The lowest BCUT2D eigenvalue weighted by Gasteiger charge is -2.26. The van der Waals surface area contributed by atoms with Crippen LogP contribution in [0.1, 0.15) is 52.7 Å². The van der Waals surface area contributed by atoms with Crippen LogP contribution in [0.5, 0.6) is 0 Å². The number of benzene rings is 1. The van der Waals surface area contributed by atoms with Gasteiger partial charge in [-0.15, -0.1) is 0 Å². The fraction of sp³-hybridized carbons (Fsp3) is 0.522. The lowest BCUT2D eigenvalue weighted by Crippen LogP contribution is -2.41. The molecule has 136 valence electrons. The zero-order valence-corrected chi connectivity index (χ0v) is 18.6. The van der Waals surface area contributed by atoms with E-state index >= 15 is 0 Å². The van der Waals surface area contributed by atoms with Crippen molar-refractivity contribution in [3.63, 3.8) is 0 Å². The molecule has 0 saturated carbocycles. The van der Waals surface area contributed by atoms with Crippen molar-refractivity contribution < 1.29 is 0 Å². The first kappa shape index (κ1) is 19.9. The van der Waals surface area contributed by atoms with E-state index in [0.717, 1.165) is 12.1 Å². The first-order valence-electron chi connectivity index (χ1n) is 9.38. The third kappa shape index (κ3) is 5.28. The van der Waals surface area contributed by atoms with Crippen LogP contribution < -0.4 is 5.19 Å². The number of aromatic nitrogens is 1. The molecule has 0 unspecified atom stereocenters. The second-order valence-electron chi connectivity index (χ2n) is 10.5. The molecule has 0 spiro atoms. The van der Waals surface area contributed by atoms with Gasteiger partial charge in [-0.1, -0.05) is 79.4 Å². The molecular formula is C23H35NSi. The average molecular weight is 354 g/mol. The van der Waals surface area contributed by atoms with Crippen molar-refractivity contribution in [1.29, 1.82) is 0 Å². The van der Waals surface area contributed by atoms with Crippen LogP contribution in [0.2, 0.25) is 19.6 Å². The van der Waals surface area contributed by atoms with Crippen molar-refractivity contribution in [2.24, 2.45) is 5.41 Å². The molecule has 2 heteroatoms. The van der Waals surface area contributed by atoms with Gasteiger partial charge in [-0.25, -0.2) is 0 Å². The van der Waals surface area contributed by atoms with E-state index in [-0.39, 0.29) is 10.8 Å². The number of pyridine rings is 1. The Balaban J connectivity index is 2.55. The summed E-state index contributed by atoms with van der Waals surface area (Å²) in [4.78, 5) is 4.86. The van der Waals surface area contributed by atoms with E-state index in [1.54, 1.807) is 0 Å². The Labute approximate surface area is 155 Å².